The summed E-state index contributed by atoms with van der Waals surface area (Å²) in [6.45, 7) is 11.5. The second-order valence-corrected chi connectivity index (χ2v) is 9.26. The Kier molecular flexibility index (Phi) is 7.03. The number of aryl methyl sites for hydroxylation is 3. The van der Waals surface area contributed by atoms with Crippen molar-refractivity contribution in [1.82, 2.24) is 9.21 Å². The lowest BCUT2D eigenvalue weighted by atomic mass is 9.90. The quantitative estimate of drug-likeness (QED) is 0.674. The van der Waals surface area contributed by atoms with Crippen LogP contribution in [0.3, 0.4) is 0 Å². The minimum atomic E-state index is 0.734. The Bertz CT molecular complexity index is 612. The van der Waals surface area contributed by atoms with Gasteiger partial charge < -0.3 is 4.90 Å². The summed E-state index contributed by atoms with van der Waals surface area (Å²) in [6.07, 6.45) is 7.00. The van der Waals surface area contributed by atoms with Gasteiger partial charge in [0.05, 0.1) is 6.07 Å². The molecular formula is C22H33N3S. The first-order chi connectivity index (χ1) is 12.6. The number of hydrogen-bond acceptors (Lipinski definition) is 4. The molecule has 0 aromatic heterocycles. The first-order valence-corrected chi connectivity index (χ1v) is 11.0. The van der Waals surface area contributed by atoms with Gasteiger partial charge in [-0.15, -0.1) is 0 Å². The zero-order chi connectivity index (χ0) is 18.5. The maximum atomic E-state index is 8.76. The normalized spacial score (nSPS) is 21.0. The van der Waals surface area contributed by atoms with Crippen LogP contribution in [0.2, 0.25) is 0 Å². The molecule has 0 unspecified atom stereocenters. The summed E-state index contributed by atoms with van der Waals surface area (Å²) in [7, 11) is 0. The summed E-state index contributed by atoms with van der Waals surface area (Å²) in [5.74, 6) is 0.786. The van der Waals surface area contributed by atoms with Gasteiger partial charge in [-0.1, -0.05) is 17.7 Å². The molecule has 1 aromatic carbocycles. The molecule has 0 aliphatic carbocycles. The molecule has 3 nitrogen and oxygen atoms in total. The molecule has 4 heteroatoms. The van der Waals surface area contributed by atoms with E-state index < -0.39 is 0 Å². The van der Waals surface area contributed by atoms with Crippen molar-refractivity contribution in [2.24, 2.45) is 5.92 Å². The summed E-state index contributed by atoms with van der Waals surface area (Å²) in [5.41, 5.74) is 4.18. The van der Waals surface area contributed by atoms with Gasteiger partial charge in [0.1, 0.15) is 0 Å². The van der Waals surface area contributed by atoms with Crippen LogP contribution in [0.15, 0.2) is 17.0 Å². The Hall–Kier alpha value is -1.02. The molecule has 2 aliphatic rings. The van der Waals surface area contributed by atoms with Crippen molar-refractivity contribution in [2.75, 3.05) is 26.2 Å². The fraction of sp³-hybridized carbons (Fsp3) is 0.682. The van der Waals surface area contributed by atoms with Crippen LogP contribution < -0.4 is 0 Å². The Morgan fingerprint density at radius 2 is 1.62 bits per heavy atom. The Balaban J connectivity index is 1.46. The average molecular weight is 372 g/mol. The average Bonchev–Trinajstić information content (AvgIpc) is 2.64. The standard InChI is InChI=1S/C22H33N3S/c1-17-15-18(2)22(19(3)16-17)26-25-13-8-21(9-14-25)24-11-6-20(7-12-24)5-4-10-23/h15-16,20-21H,4-9,11-14H2,1-3H3. The van der Waals surface area contributed by atoms with E-state index in [1.54, 1.807) is 0 Å². The maximum absolute atomic E-state index is 8.76. The second-order valence-electron chi connectivity index (χ2n) is 8.16. The van der Waals surface area contributed by atoms with Crippen molar-refractivity contribution in [3.63, 3.8) is 0 Å². The van der Waals surface area contributed by atoms with E-state index in [1.165, 1.54) is 73.4 Å². The Labute approximate surface area is 163 Å². The third-order valence-corrected chi connectivity index (χ3v) is 7.53. The van der Waals surface area contributed by atoms with E-state index >= 15 is 0 Å². The molecular weight excluding hydrogens is 338 g/mol. The summed E-state index contributed by atoms with van der Waals surface area (Å²) in [6, 6.07) is 7.68. The number of piperidine rings is 2. The largest absolute Gasteiger partial charge is 0.300 e. The molecule has 0 saturated carbocycles. The fourth-order valence-electron chi connectivity index (χ4n) is 4.61. The molecule has 1 aromatic rings. The summed E-state index contributed by atoms with van der Waals surface area (Å²) in [4.78, 5) is 4.18. The van der Waals surface area contributed by atoms with Gasteiger partial charge in [-0.05, 0) is 95.0 Å². The predicted molar refractivity (Wildman–Crippen MR) is 110 cm³/mol. The van der Waals surface area contributed by atoms with Crippen molar-refractivity contribution in [2.45, 2.75) is 70.2 Å². The highest BCUT2D eigenvalue weighted by Crippen LogP contribution is 2.34. The maximum Gasteiger partial charge on any atom is 0.0621 e. The fourth-order valence-corrected chi connectivity index (χ4v) is 5.67. The molecule has 0 N–H and O–H groups in total. The van der Waals surface area contributed by atoms with Gasteiger partial charge in [0, 0.05) is 30.4 Å². The molecule has 0 amide bonds. The van der Waals surface area contributed by atoms with Gasteiger partial charge in [-0.2, -0.15) is 5.26 Å². The van der Waals surface area contributed by atoms with E-state index in [1.807, 2.05) is 11.9 Å². The zero-order valence-corrected chi connectivity index (χ0v) is 17.4. The van der Waals surface area contributed by atoms with Crippen molar-refractivity contribution < 1.29 is 0 Å². The molecule has 26 heavy (non-hydrogen) atoms. The van der Waals surface area contributed by atoms with Crippen LogP contribution in [-0.2, 0) is 0 Å². The molecule has 2 aliphatic heterocycles. The number of rotatable bonds is 5. The highest BCUT2D eigenvalue weighted by atomic mass is 32.2. The van der Waals surface area contributed by atoms with E-state index in [0.717, 1.165) is 24.8 Å². The number of nitriles is 1. The minimum absolute atomic E-state index is 0.734. The molecule has 2 heterocycles. The molecule has 0 radical (unpaired) electrons. The van der Waals surface area contributed by atoms with E-state index in [4.69, 9.17) is 5.26 Å². The monoisotopic (exact) mass is 371 g/mol. The van der Waals surface area contributed by atoms with Crippen LogP contribution in [0.1, 0.15) is 55.2 Å². The lowest BCUT2D eigenvalue weighted by molar-refractivity contribution is 0.0972. The van der Waals surface area contributed by atoms with Gasteiger partial charge in [-0.3, -0.25) is 0 Å². The summed E-state index contributed by atoms with van der Waals surface area (Å²) in [5, 5.41) is 8.76. The van der Waals surface area contributed by atoms with Crippen molar-refractivity contribution in [1.29, 1.82) is 5.26 Å². The molecule has 3 rings (SSSR count). The highest BCUT2D eigenvalue weighted by Gasteiger charge is 2.28. The van der Waals surface area contributed by atoms with Crippen LogP contribution in [0, 0.1) is 38.0 Å². The van der Waals surface area contributed by atoms with Gasteiger partial charge in [0.2, 0.25) is 0 Å². The van der Waals surface area contributed by atoms with E-state index in [0.29, 0.717) is 0 Å². The van der Waals surface area contributed by atoms with Crippen molar-refractivity contribution >= 4 is 11.9 Å². The Morgan fingerprint density at radius 3 is 2.19 bits per heavy atom. The first-order valence-electron chi connectivity index (χ1n) is 10.2. The highest BCUT2D eigenvalue weighted by molar-refractivity contribution is 7.97. The van der Waals surface area contributed by atoms with E-state index in [-0.39, 0.29) is 0 Å². The smallest absolute Gasteiger partial charge is 0.0621 e. The SMILES string of the molecule is Cc1cc(C)c(SN2CCC(N3CCC(CCC#N)CC3)CC2)c(C)c1. The summed E-state index contributed by atoms with van der Waals surface area (Å²) < 4.78 is 2.57. The first kappa shape index (κ1) is 19.7. The van der Waals surface area contributed by atoms with E-state index in [9.17, 15) is 0 Å². The van der Waals surface area contributed by atoms with Gasteiger partial charge >= 0.3 is 0 Å². The third-order valence-electron chi connectivity index (χ3n) is 6.08. The lowest BCUT2D eigenvalue weighted by Gasteiger charge is -2.41. The van der Waals surface area contributed by atoms with Crippen LogP contribution in [0.25, 0.3) is 0 Å². The molecule has 2 saturated heterocycles. The predicted octanol–water partition coefficient (Wildman–Crippen LogP) is 5.10. The zero-order valence-electron chi connectivity index (χ0n) is 16.6. The summed E-state index contributed by atoms with van der Waals surface area (Å²) >= 11 is 1.97. The molecule has 142 valence electrons. The third kappa shape index (κ3) is 5.03. The van der Waals surface area contributed by atoms with Crippen LogP contribution in [-0.4, -0.2) is 41.4 Å². The van der Waals surface area contributed by atoms with Gasteiger partial charge in [0.15, 0.2) is 0 Å². The van der Waals surface area contributed by atoms with Crippen LogP contribution in [0.4, 0.5) is 0 Å². The number of benzene rings is 1. The Morgan fingerprint density at radius 1 is 1.00 bits per heavy atom. The molecule has 0 spiro atoms. The second kappa shape index (κ2) is 9.26. The topological polar surface area (TPSA) is 30.3 Å². The van der Waals surface area contributed by atoms with Crippen molar-refractivity contribution in [3.05, 3.63) is 28.8 Å². The minimum Gasteiger partial charge on any atom is -0.300 e. The van der Waals surface area contributed by atoms with Crippen LogP contribution >= 0.6 is 11.9 Å². The van der Waals surface area contributed by atoms with Gasteiger partial charge in [0.25, 0.3) is 0 Å². The lowest BCUT2D eigenvalue weighted by Crippen LogP contribution is -2.46. The number of hydrogen-bond donors (Lipinski definition) is 0. The number of nitrogens with zero attached hydrogens (tertiary/aromatic N) is 3. The van der Waals surface area contributed by atoms with Crippen molar-refractivity contribution in [3.8, 4) is 6.07 Å². The number of likely N-dealkylation sites (tertiary alicyclic amines) is 1. The van der Waals surface area contributed by atoms with E-state index in [2.05, 4.69) is 48.2 Å². The van der Waals surface area contributed by atoms with Crippen LogP contribution in [0.5, 0.6) is 0 Å². The molecule has 0 bridgehead atoms. The van der Waals surface area contributed by atoms with Gasteiger partial charge in [-0.25, -0.2) is 4.31 Å². The molecule has 0 atom stereocenters. The molecule has 2 fully saturated rings.